The maximum absolute atomic E-state index is 12.8. The van der Waals surface area contributed by atoms with Crippen LogP contribution in [0.25, 0.3) is 0 Å². The molecule has 0 bridgehead atoms. The van der Waals surface area contributed by atoms with Gasteiger partial charge >= 0.3 is 6.18 Å². The van der Waals surface area contributed by atoms with Gasteiger partial charge in [-0.25, -0.2) is 0 Å². The topological polar surface area (TPSA) is 15.3 Å². The smallest absolute Gasteiger partial charge is 0.312 e. The van der Waals surface area contributed by atoms with Crippen molar-refractivity contribution in [1.29, 1.82) is 0 Å². The molecule has 0 heterocycles. The molecule has 1 aliphatic rings. The molecule has 0 saturated heterocycles. The molecule has 5 heteroatoms. The van der Waals surface area contributed by atoms with Crippen molar-refractivity contribution in [3.63, 3.8) is 0 Å². The number of hydrogen-bond donors (Lipinski definition) is 1. The average Bonchev–Trinajstić information content (AvgIpc) is 2.33. The van der Waals surface area contributed by atoms with Crippen molar-refractivity contribution in [2.75, 3.05) is 20.6 Å². The fourth-order valence-electron chi connectivity index (χ4n) is 3.00. The lowest BCUT2D eigenvalue weighted by Crippen LogP contribution is -2.45. The van der Waals surface area contributed by atoms with Crippen LogP contribution in [0.5, 0.6) is 0 Å². The molecule has 0 spiro atoms. The number of nitrogens with zero attached hydrogens (tertiary/aromatic N) is 1. The van der Waals surface area contributed by atoms with Gasteiger partial charge in [0.15, 0.2) is 0 Å². The third-order valence-corrected chi connectivity index (χ3v) is 4.25. The molecule has 1 fully saturated rings. The highest BCUT2D eigenvalue weighted by Crippen LogP contribution is 2.37. The van der Waals surface area contributed by atoms with E-state index in [2.05, 4.69) is 24.1 Å². The maximum atomic E-state index is 12.8. The fraction of sp³-hybridized carbons (Fsp3) is 1.00. The Balaban J connectivity index is 2.43. The number of alkyl halides is 3. The molecule has 0 aromatic rings. The van der Waals surface area contributed by atoms with Gasteiger partial charge in [0, 0.05) is 18.6 Å². The minimum Gasteiger partial charge on any atom is -0.312 e. The van der Waals surface area contributed by atoms with Crippen molar-refractivity contribution in [1.82, 2.24) is 10.2 Å². The van der Waals surface area contributed by atoms with Crippen molar-refractivity contribution < 1.29 is 13.2 Å². The van der Waals surface area contributed by atoms with E-state index >= 15 is 0 Å². The Labute approximate surface area is 121 Å². The summed E-state index contributed by atoms with van der Waals surface area (Å²) in [6.45, 7) is 5.13. The Kier molecular flexibility index (Phi) is 6.79. The quantitative estimate of drug-likeness (QED) is 0.804. The van der Waals surface area contributed by atoms with E-state index in [1.807, 2.05) is 14.1 Å². The molecule has 3 atom stereocenters. The van der Waals surface area contributed by atoms with Crippen LogP contribution < -0.4 is 5.32 Å². The lowest BCUT2D eigenvalue weighted by molar-refractivity contribution is -0.183. The number of rotatable bonds is 6. The van der Waals surface area contributed by atoms with Crippen LogP contribution in [0.4, 0.5) is 13.2 Å². The molecule has 1 N–H and O–H groups in total. The molecule has 20 heavy (non-hydrogen) atoms. The van der Waals surface area contributed by atoms with E-state index < -0.39 is 12.1 Å². The zero-order valence-corrected chi connectivity index (χ0v) is 13.1. The first-order valence-corrected chi connectivity index (χ1v) is 7.66. The first kappa shape index (κ1) is 17.8. The average molecular weight is 294 g/mol. The summed E-state index contributed by atoms with van der Waals surface area (Å²) >= 11 is 0. The van der Waals surface area contributed by atoms with Crippen LogP contribution in [0.1, 0.15) is 46.0 Å². The van der Waals surface area contributed by atoms with E-state index in [9.17, 15) is 13.2 Å². The summed E-state index contributed by atoms with van der Waals surface area (Å²) in [5.41, 5.74) is 0. The molecule has 1 rings (SSSR count). The van der Waals surface area contributed by atoms with Crippen LogP contribution in [0.15, 0.2) is 0 Å². The summed E-state index contributed by atoms with van der Waals surface area (Å²) in [4.78, 5) is 2.16. The SMILES string of the molecule is CC(C)CC(CNC1CCCC(C(F)(F)F)C1)N(C)C. The normalized spacial score (nSPS) is 26.2. The van der Waals surface area contributed by atoms with E-state index in [1.54, 1.807) is 0 Å². The molecular weight excluding hydrogens is 265 g/mol. The molecule has 0 aromatic heterocycles. The van der Waals surface area contributed by atoms with E-state index in [0.717, 1.165) is 19.4 Å². The highest BCUT2D eigenvalue weighted by atomic mass is 19.4. The van der Waals surface area contributed by atoms with Gasteiger partial charge in [0.05, 0.1) is 5.92 Å². The van der Waals surface area contributed by atoms with Gasteiger partial charge in [-0.3, -0.25) is 0 Å². The number of hydrogen-bond acceptors (Lipinski definition) is 2. The first-order chi connectivity index (χ1) is 9.20. The molecule has 0 aromatic carbocycles. The molecule has 2 nitrogen and oxygen atoms in total. The van der Waals surface area contributed by atoms with Crippen LogP contribution in [-0.2, 0) is 0 Å². The molecule has 0 radical (unpaired) electrons. The van der Waals surface area contributed by atoms with Gasteiger partial charge in [-0.15, -0.1) is 0 Å². The van der Waals surface area contributed by atoms with Crippen LogP contribution in [0, 0.1) is 11.8 Å². The Morgan fingerprint density at radius 2 is 1.85 bits per heavy atom. The lowest BCUT2D eigenvalue weighted by atomic mass is 9.85. The molecule has 1 saturated carbocycles. The predicted octanol–water partition coefficient (Wildman–Crippen LogP) is 3.67. The molecule has 0 aliphatic heterocycles. The van der Waals surface area contributed by atoms with E-state index in [0.29, 0.717) is 24.8 Å². The van der Waals surface area contributed by atoms with Crippen molar-refractivity contribution >= 4 is 0 Å². The van der Waals surface area contributed by atoms with E-state index in [4.69, 9.17) is 0 Å². The van der Waals surface area contributed by atoms with Gasteiger partial charge in [-0.2, -0.15) is 13.2 Å². The maximum Gasteiger partial charge on any atom is 0.391 e. The van der Waals surface area contributed by atoms with Crippen LogP contribution >= 0.6 is 0 Å². The third-order valence-electron chi connectivity index (χ3n) is 4.25. The van der Waals surface area contributed by atoms with Crippen LogP contribution in [0.3, 0.4) is 0 Å². The second-order valence-corrected chi connectivity index (χ2v) is 6.76. The highest BCUT2D eigenvalue weighted by molar-refractivity contribution is 4.83. The highest BCUT2D eigenvalue weighted by Gasteiger charge is 2.42. The lowest BCUT2D eigenvalue weighted by Gasteiger charge is -2.33. The van der Waals surface area contributed by atoms with Crippen molar-refractivity contribution in [2.45, 2.75) is 64.2 Å². The number of nitrogens with one attached hydrogen (secondary N) is 1. The predicted molar refractivity (Wildman–Crippen MR) is 76.7 cm³/mol. The van der Waals surface area contributed by atoms with Crippen LogP contribution in [-0.4, -0.2) is 43.8 Å². The summed E-state index contributed by atoms with van der Waals surface area (Å²) in [7, 11) is 4.07. The van der Waals surface area contributed by atoms with Crippen molar-refractivity contribution in [3.05, 3.63) is 0 Å². The van der Waals surface area contributed by atoms with Gasteiger partial charge < -0.3 is 10.2 Å². The summed E-state index contributed by atoms with van der Waals surface area (Å²) in [6.07, 6.45) is -0.877. The van der Waals surface area contributed by atoms with Gasteiger partial charge in [-0.05, 0) is 45.7 Å². The van der Waals surface area contributed by atoms with Crippen molar-refractivity contribution in [3.8, 4) is 0 Å². The van der Waals surface area contributed by atoms with E-state index in [1.165, 1.54) is 0 Å². The van der Waals surface area contributed by atoms with Crippen molar-refractivity contribution in [2.24, 2.45) is 11.8 Å². The zero-order chi connectivity index (χ0) is 15.3. The molecule has 120 valence electrons. The Hall–Kier alpha value is -0.290. The standard InChI is InChI=1S/C15H29F3N2/c1-11(2)8-14(20(3)4)10-19-13-7-5-6-12(9-13)15(16,17)18/h11-14,19H,5-10H2,1-4H3. The Morgan fingerprint density at radius 1 is 1.20 bits per heavy atom. The summed E-state index contributed by atoms with van der Waals surface area (Å²) < 4.78 is 38.3. The van der Waals surface area contributed by atoms with Gasteiger partial charge in [0.1, 0.15) is 0 Å². The summed E-state index contributed by atoms with van der Waals surface area (Å²) in [5.74, 6) is -0.518. The zero-order valence-electron chi connectivity index (χ0n) is 13.1. The third kappa shape index (κ3) is 6.00. The number of likely N-dealkylation sites (N-methyl/N-ethyl adjacent to an activating group) is 1. The molecule has 3 unspecified atom stereocenters. The molecule has 1 aliphatic carbocycles. The monoisotopic (exact) mass is 294 g/mol. The minimum absolute atomic E-state index is 0.0185. The largest absolute Gasteiger partial charge is 0.391 e. The Morgan fingerprint density at radius 3 is 2.35 bits per heavy atom. The Bertz CT molecular complexity index is 277. The molecule has 0 amide bonds. The first-order valence-electron chi connectivity index (χ1n) is 7.66. The second kappa shape index (κ2) is 7.64. The van der Waals surface area contributed by atoms with Crippen LogP contribution in [0.2, 0.25) is 0 Å². The second-order valence-electron chi connectivity index (χ2n) is 6.76. The van der Waals surface area contributed by atoms with Gasteiger partial charge in [0.2, 0.25) is 0 Å². The fourth-order valence-corrected chi connectivity index (χ4v) is 3.00. The molecular formula is C15H29F3N2. The summed E-state index contributed by atoms with van der Waals surface area (Å²) in [6, 6.07) is 0.409. The number of halogens is 3. The van der Waals surface area contributed by atoms with E-state index in [-0.39, 0.29) is 12.5 Å². The van der Waals surface area contributed by atoms with Gasteiger partial charge in [-0.1, -0.05) is 20.3 Å². The summed E-state index contributed by atoms with van der Waals surface area (Å²) in [5, 5.41) is 3.37. The van der Waals surface area contributed by atoms with Gasteiger partial charge in [0.25, 0.3) is 0 Å². The minimum atomic E-state index is -4.03.